The van der Waals surface area contributed by atoms with E-state index < -0.39 is 0 Å². The fourth-order valence-electron chi connectivity index (χ4n) is 2.61. The highest BCUT2D eigenvalue weighted by molar-refractivity contribution is 7.99. The van der Waals surface area contributed by atoms with Crippen molar-refractivity contribution < 1.29 is 14.3 Å². The van der Waals surface area contributed by atoms with Crippen LogP contribution in [0.1, 0.15) is 17.5 Å². The van der Waals surface area contributed by atoms with E-state index in [1.165, 1.54) is 4.90 Å². The van der Waals surface area contributed by atoms with Gasteiger partial charge < -0.3 is 15.0 Å². The van der Waals surface area contributed by atoms with Crippen LogP contribution in [-0.4, -0.2) is 43.2 Å². The van der Waals surface area contributed by atoms with E-state index in [9.17, 15) is 9.59 Å². The summed E-state index contributed by atoms with van der Waals surface area (Å²) in [5.41, 5.74) is 2.83. The molecule has 0 spiro atoms. The number of carbonyl (C=O) groups excluding carboxylic acids is 2. The number of anilines is 1. The molecule has 0 aliphatic rings. The smallest absolute Gasteiger partial charge is 0.243 e. The molecule has 0 aliphatic carbocycles. The first kappa shape index (κ1) is 20.8. The summed E-state index contributed by atoms with van der Waals surface area (Å²) >= 11 is 1.61. The minimum Gasteiger partial charge on any atom is -0.497 e. The van der Waals surface area contributed by atoms with Crippen molar-refractivity contribution in [2.75, 3.05) is 31.8 Å². The van der Waals surface area contributed by atoms with Gasteiger partial charge in [0.1, 0.15) is 5.75 Å². The molecule has 2 aromatic rings. The number of ether oxygens (including phenoxy) is 1. The molecular weight excluding hydrogens is 360 g/mol. The van der Waals surface area contributed by atoms with E-state index in [2.05, 4.69) is 5.32 Å². The first-order valence-electron chi connectivity index (χ1n) is 8.77. The number of benzene rings is 2. The van der Waals surface area contributed by atoms with Crippen LogP contribution in [0.25, 0.3) is 0 Å². The molecule has 6 heteroatoms. The first-order chi connectivity index (χ1) is 12.9. The molecule has 2 aromatic carbocycles. The quantitative estimate of drug-likeness (QED) is 0.699. The molecule has 0 saturated heterocycles. The van der Waals surface area contributed by atoms with Crippen LogP contribution < -0.4 is 10.1 Å². The summed E-state index contributed by atoms with van der Waals surface area (Å²) in [6.45, 7) is 3.95. The Morgan fingerprint density at radius 1 is 1.07 bits per heavy atom. The van der Waals surface area contributed by atoms with Crippen molar-refractivity contribution in [3.63, 3.8) is 0 Å². The highest BCUT2D eigenvalue weighted by atomic mass is 32.2. The molecule has 0 heterocycles. The molecule has 1 N–H and O–H groups in total. The van der Waals surface area contributed by atoms with E-state index in [0.717, 1.165) is 27.5 Å². The molecule has 0 atom stereocenters. The summed E-state index contributed by atoms with van der Waals surface area (Å²) in [5, 5.41) is 2.91. The predicted octanol–water partition coefficient (Wildman–Crippen LogP) is 3.89. The van der Waals surface area contributed by atoms with Crippen LogP contribution in [0.3, 0.4) is 0 Å². The highest BCUT2D eigenvalue weighted by Gasteiger charge is 2.14. The number of rotatable bonds is 8. The molecule has 0 bridgehead atoms. The highest BCUT2D eigenvalue weighted by Crippen LogP contribution is 2.22. The van der Waals surface area contributed by atoms with Crippen molar-refractivity contribution in [3.8, 4) is 5.75 Å². The maximum atomic E-state index is 12.3. The van der Waals surface area contributed by atoms with Gasteiger partial charge >= 0.3 is 0 Å². The van der Waals surface area contributed by atoms with E-state index in [0.29, 0.717) is 12.2 Å². The van der Waals surface area contributed by atoms with Crippen molar-refractivity contribution in [2.45, 2.75) is 25.2 Å². The Bertz CT molecular complexity index is 770. The van der Waals surface area contributed by atoms with E-state index in [-0.39, 0.29) is 18.4 Å². The summed E-state index contributed by atoms with van der Waals surface area (Å²) < 4.78 is 5.13. The summed E-state index contributed by atoms with van der Waals surface area (Å²) in [6.07, 6.45) is 0.379. The van der Waals surface area contributed by atoms with Crippen molar-refractivity contribution in [3.05, 3.63) is 53.6 Å². The van der Waals surface area contributed by atoms with Crippen molar-refractivity contribution in [1.82, 2.24) is 4.90 Å². The van der Waals surface area contributed by atoms with Gasteiger partial charge in [0.2, 0.25) is 11.8 Å². The Balaban J connectivity index is 1.78. The van der Waals surface area contributed by atoms with Crippen molar-refractivity contribution in [1.29, 1.82) is 0 Å². The molecule has 144 valence electrons. The Labute approximate surface area is 165 Å². The lowest BCUT2D eigenvalue weighted by molar-refractivity contribution is -0.132. The Hall–Kier alpha value is -2.47. The van der Waals surface area contributed by atoms with E-state index >= 15 is 0 Å². The van der Waals surface area contributed by atoms with Gasteiger partial charge in [0.05, 0.1) is 13.7 Å². The zero-order chi connectivity index (χ0) is 19.8. The van der Waals surface area contributed by atoms with Gasteiger partial charge in [-0.3, -0.25) is 9.59 Å². The van der Waals surface area contributed by atoms with E-state index in [4.69, 9.17) is 4.74 Å². The molecule has 0 radical (unpaired) electrons. The molecule has 2 amide bonds. The lowest BCUT2D eigenvalue weighted by Crippen LogP contribution is -2.35. The molecule has 0 aromatic heterocycles. The van der Waals surface area contributed by atoms with Crippen LogP contribution in [0.15, 0.2) is 47.4 Å². The van der Waals surface area contributed by atoms with Crippen LogP contribution in [0.5, 0.6) is 5.75 Å². The molecule has 0 aliphatic heterocycles. The number of aryl methyl sites for hydroxylation is 2. The molecule has 2 rings (SSSR count). The largest absolute Gasteiger partial charge is 0.497 e. The van der Waals surface area contributed by atoms with Crippen molar-refractivity contribution >= 4 is 29.3 Å². The predicted molar refractivity (Wildman–Crippen MR) is 111 cm³/mol. The minimum absolute atomic E-state index is 0.0415. The summed E-state index contributed by atoms with van der Waals surface area (Å²) in [4.78, 5) is 27.1. The Kier molecular flexibility index (Phi) is 7.73. The molecule has 0 fully saturated rings. The van der Waals surface area contributed by atoms with E-state index in [1.807, 2.05) is 56.3 Å². The Morgan fingerprint density at radius 2 is 1.70 bits per heavy atom. The maximum absolute atomic E-state index is 12.3. The minimum atomic E-state index is -0.189. The zero-order valence-corrected chi connectivity index (χ0v) is 17.1. The Morgan fingerprint density at radius 3 is 2.30 bits per heavy atom. The van der Waals surface area contributed by atoms with Gasteiger partial charge in [-0.15, -0.1) is 11.8 Å². The van der Waals surface area contributed by atoms with Gasteiger partial charge in [-0.1, -0.05) is 18.2 Å². The number of nitrogens with one attached hydrogen (secondary N) is 1. The number of methoxy groups -OCH3 is 1. The van der Waals surface area contributed by atoms with Gasteiger partial charge in [0.25, 0.3) is 0 Å². The van der Waals surface area contributed by atoms with Crippen LogP contribution in [0.2, 0.25) is 0 Å². The molecule has 5 nitrogen and oxygen atoms in total. The maximum Gasteiger partial charge on any atom is 0.243 e. The number of hydrogen-bond acceptors (Lipinski definition) is 4. The van der Waals surface area contributed by atoms with E-state index in [1.54, 1.807) is 25.9 Å². The molecule has 27 heavy (non-hydrogen) atoms. The van der Waals surface area contributed by atoms with Gasteiger partial charge in [-0.2, -0.15) is 0 Å². The summed E-state index contributed by atoms with van der Waals surface area (Å²) in [5.74, 6) is 1.23. The second-order valence-electron chi connectivity index (χ2n) is 6.34. The lowest BCUT2D eigenvalue weighted by Gasteiger charge is -2.18. The van der Waals surface area contributed by atoms with Crippen LogP contribution in [0.4, 0.5) is 5.69 Å². The lowest BCUT2D eigenvalue weighted by atomic mass is 10.1. The van der Waals surface area contributed by atoms with Crippen molar-refractivity contribution in [2.24, 2.45) is 0 Å². The number of amides is 2. The fraction of sp³-hybridized carbons (Fsp3) is 0.333. The third-order valence-corrected chi connectivity index (χ3v) is 5.21. The third kappa shape index (κ3) is 6.32. The SMILES string of the molecule is COc1ccc(SCCC(=O)N(C)CC(=O)Nc2c(C)cccc2C)cc1. The van der Waals surface area contributed by atoms with Gasteiger partial charge in [0.15, 0.2) is 0 Å². The molecule has 0 unspecified atom stereocenters. The van der Waals surface area contributed by atoms with Gasteiger partial charge in [0, 0.05) is 29.8 Å². The molecule has 0 saturated carbocycles. The number of nitrogens with zero attached hydrogens (tertiary/aromatic N) is 1. The number of likely N-dealkylation sites (N-methyl/N-ethyl adjacent to an activating group) is 1. The normalized spacial score (nSPS) is 10.4. The number of hydrogen-bond donors (Lipinski definition) is 1. The monoisotopic (exact) mass is 386 g/mol. The molecular formula is C21H26N2O3S. The summed E-state index contributed by atoms with van der Waals surface area (Å²) in [7, 11) is 3.29. The third-order valence-electron chi connectivity index (χ3n) is 4.20. The van der Waals surface area contributed by atoms with Crippen LogP contribution in [-0.2, 0) is 9.59 Å². The van der Waals surface area contributed by atoms with Gasteiger partial charge in [-0.05, 0) is 49.2 Å². The average Bonchev–Trinajstić information content (AvgIpc) is 2.65. The zero-order valence-electron chi connectivity index (χ0n) is 16.2. The first-order valence-corrected chi connectivity index (χ1v) is 9.76. The van der Waals surface area contributed by atoms with Crippen LogP contribution >= 0.6 is 11.8 Å². The van der Waals surface area contributed by atoms with Crippen LogP contribution in [0, 0.1) is 13.8 Å². The second kappa shape index (κ2) is 10.0. The number of para-hydroxylation sites is 1. The topological polar surface area (TPSA) is 58.6 Å². The number of carbonyl (C=O) groups is 2. The summed E-state index contributed by atoms with van der Waals surface area (Å²) in [6, 6.07) is 13.6. The fourth-order valence-corrected chi connectivity index (χ4v) is 3.45. The average molecular weight is 387 g/mol. The number of thioether (sulfide) groups is 1. The second-order valence-corrected chi connectivity index (χ2v) is 7.51. The standard InChI is InChI=1S/C21H26N2O3S/c1-15-6-5-7-16(2)21(15)22-19(24)14-23(3)20(25)12-13-27-18-10-8-17(26-4)9-11-18/h5-11H,12-14H2,1-4H3,(H,22,24). The van der Waals surface area contributed by atoms with Gasteiger partial charge in [-0.25, -0.2) is 0 Å².